The van der Waals surface area contributed by atoms with Crippen molar-refractivity contribution in [3.05, 3.63) is 35.4 Å². The van der Waals surface area contributed by atoms with Crippen LogP contribution in [0.5, 0.6) is 11.5 Å². The maximum absolute atomic E-state index is 10.7. The number of fused-ring (bicyclic) bond motifs is 2. The number of aliphatic hydroxyl groups excluding tert-OH is 2. The van der Waals surface area contributed by atoms with Crippen molar-refractivity contribution in [1.82, 2.24) is 4.90 Å². The lowest BCUT2D eigenvalue weighted by molar-refractivity contribution is -0.0364. The first kappa shape index (κ1) is 12.0. The zero-order valence-electron chi connectivity index (χ0n) is 11.5. The smallest absolute Gasteiger partial charge is 0.231 e. The molecule has 110 valence electrons. The highest BCUT2D eigenvalue weighted by Crippen LogP contribution is 2.56. The third-order valence-electron chi connectivity index (χ3n) is 5.50. The summed E-state index contributed by atoms with van der Waals surface area (Å²) in [5.41, 5.74) is 1.92. The van der Waals surface area contributed by atoms with Crippen molar-refractivity contribution in [3.63, 3.8) is 0 Å². The molecule has 0 aromatic heterocycles. The predicted molar refractivity (Wildman–Crippen MR) is 74.1 cm³/mol. The van der Waals surface area contributed by atoms with Gasteiger partial charge in [0.05, 0.1) is 6.10 Å². The summed E-state index contributed by atoms with van der Waals surface area (Å²) < 4.78 is 11.0. The number of ether oxygens (including phenoxy) is 2. The van der Waals surface area contributed by atoms with Crippen LogP contribution in [0.2, 0.25) is 0 Å². The molecule has 3 aliphatic heterocycles. The van der Waals surface area contributed by atoms with Crippen LogP contribution in [0.25, 0.3) is 0 Å². The second kappa shape index (κ2) is 3.80. The minimum absolute atomic E-state index is 0.116. The molecule has 2 N–H and O–H groups in total. The lowest BCUT2D eigenvalue weighted by Gasteiger charge is -2.47. The molecule has 5 atom stereocenters. The molecule has 0 radical (unpaired) electrons. The van der Waals surface area contributed by atoms with E-state index in [1.807, 2.05) is 18.2 Å². The summed E-state index contributed by atoms with van der Waals surface area (Å²) in [7, 11) is 0. The standard InChI is InChI=1S/C16H17NO4/c18-9-1-2-16-3-4-17(14(16)5-9)15(19)10-6-12-13(7-11(10)16)21-8-20-12/h1-2,6-7,9,14-15,18-19H,3-5,8H2/t9-,14-,15+,16+/m0/s1. The monoisotopic (exact) mass is 287 g/mol. The number of nitrogens with zero attached hydrogens (tertiary/aromatic N) is 1. The van der Waals surface area contributed by atoms with E-state index in [0.29, 0.717) is 12.2 Å². The Bertz CT molecular complexity index is 658. The Morgan fingerprint density at radius 3 is 2.86 bits per heavy atom. The molecule has 4 aliphatic rings. The van der Waals surface area contributed by atoms with Crippen LogP contribution in [0.15, 0.2) is 24.3 Å². The van der Waals surface area contributed by atoms with E-state index in [9.17, 15) is 10.2 Å². The van der Waals surface area contributed by atoms with Gasteiger partial charge in [-0.25, -0.2) is 0 Å². The second-order valence-corrected chi connectivity index (χ2v) is 6.37. The van der Waals surface area contributed by atoms with Crippen LogP contribution in [0.3, 0.4) is 0 Å². The second-order valence-electron chi connectivity index (χ2n) is 6.37. The summed E-state index contributed by atoms with van der Waals surface area (Å²) >= 11 is 0. The highest BCUT2D eigenvalue weighted by atomic mass is 16.7. The van der Waals surface area contributed by atoms with E-state index in [2.05, 4.69) is 11.0 Å². The highest BCUT2D eigenvalue weighted by Gasteiger charge is 2.56. The van der Waals surface area contributed by atoms with E-state index in [-0.39, 0.29) is 18.2 Å². The zero-order valence-corrected chi connectivity index (χ0v) is 11.5. The van der Waals surface area contributed by atoms with Crippen LogP contribution in [-0.4, -0.2) is 40.6 Å². The molecule has 21 heavy (non-hydrogen) atoms. The van der Waals surface area contributed by atoms with Gasteiger partial charge >= 0.3 is 0 Å². The largest absolute Gasteiger partial charge is 0.454 e. The first-order chi connectivity index (χ1) is 10.2. The normalized spacial score (nSPS) is 41.8. The fraction of sp³-hybridized carbons (Fsp3) is 0.500. The van der Waals surface area contributed by atoms with Gasteiger partial charge in [-0.1, -0.05) is 12.2 Å². The molecule has 1 aromatic carbocycles. The van der Waals surface area contributed by atoms with Gasteiger partial charge in [0.2, 0.25) is 6.79 Å². The van der Waals surface area contributed by atoms with Gasteiger partial charge in [-0.2, -0.15) is 0 Å². The summed E-state index contributed by atoms with van der Waals surface area (Å²) in [6, 6.07) is 4.09. The van der Waals surface area contributed by atoms with Crippen LogP contribution < -0.4 is 9.47 Å². The van der Waals surface area contributed by atoms with Gasteiger partial charge in [0.15, 0.2) is 11.5 Å². The maximum atomic E-state index is 10.7. The summed E-state index contributed by atoms with van der Waals surface area (Å²) in [5.74, 6) is 1.47. The fourth-order valence-corrected chi connectivity index (χ4v) is 4.51. The molecule has 0 saturated carbocycles. The minimum atomic E-state index is -0.631. The Hall–Kier alpha value is -1.56. The van der Waals surface area contributed by atoms with E-state index in [1.54, 1.807) is 0 Å². The van der Waals surface area contributed by atoms with Crippen molar-refractivity contribution in [2.75, 3.05) is 13.3 Å². The molecule has 0 amide bonds. The van der Waals surface area contributed by atoms with Crippen molar-refractivity contribution < 1.29 is 19.7 Å². The number of hydrogen-bond donors (Lipinski definition) is 2. The van der Waals surface area contributed by atoms with Gasteiger partial charge in [0.25, 0.3) is 0 Å². The zero-order chi connectivity index (χ0) is 14.2. The number of hydrogen-bond acceptors (Lipinski definition) is 5. The quantitative estimate of drug-likeness (QED) is 0.699. The van der Waals surface area contributed by atoms with Gasteiger partial charge in [0.1, 0.15) is 6.23 Å². The average Bonchev–Trinajstić information content (AvgIpc) is 3.06. The lowest BCUT2D eigenvalue weighted by atomic mass is 9.66. The predicted octanol–water partition coefficient (Wildman–Crippen LogP) is 1.05. The average molecular weight is 287 g/mol. The molecule has 5 nitrogen and oxygen atoms in total. The molecule has 2 bridgehead atoms. The van der Waals surface area contributed by atoms with E-state index in [1.165, 1.54) is 0 Å². The van der Waals surface area contributed by atoms with E-state index in [0.717, 1.165) is 29.8 Å². The van der Waals surface area contributed by atoms with Crippen molar-refractivity contribution in [2.24, 2.45) is 0 Å². The van der Waals surface area contributed by atoms with E-state index in [4.69, 9.17) is 9.47 Å². The molecule has 1 aliphatic carbocycles. The van der Waals surface area contributed by atoms with Crippen molar-refractivity contribution in [2.45, 2.75) is 36.6 Å². The van der Waals surface area contributed by atoms with Gasteiger partial charge in [0, 0.05) is 23.6 Å². The number of benzene rings is 1. The van der Waals surface area contributed by atoms with Gasteiger partial charge in [-0.05, 0) is 30.5 Å². The molecular formula is C16H17NO4. The summed E-state index contributed by atoms with van der Waals surface area (Å²) in [5, 5.41) is 20.7. The molecule has 1 unspecified atom stereocenters. The Morgan fingerprint density at radius 2 is 2.00 bits per heavy atom. The minimum Gasteiger partial charge on any atom is -0.454 e. The van der Waals surface area contributed by atoms with E-state index < -0.39 is 12.3 Å². The molecule has 1 aromatic rings. The highest BCUT2D eigenvalue weighted by molar-refractivity contribution is 5.56. The Balaban J connectivity index is 1.77. The summed E-state index contributed by atoms with van der Waals surface area (Å²) in [6.07, 6.45) is 4.61. The SMILES string of the molecule is O[C@@H]1c2cc3c(cc2[C@]24C=C[C@H](O)C[C@@H]2N1CC4)OCO3. The topological polar surface area (TPSA) is 62.2 Å². The molecule has 5 heteroatoms. The molecular weight excluding hydrogens is 270 g/mol. The van der Waals surface area contributed by atoms with Crippen LogP contribution >= 0.6 is 0 Å². The Morgan fingerprint density at radius 1 is 1.19 bits per heavy atom. The van der Waals surface area contributed by atoms with Crippen LogP contribution in [-0.2, 0) is 5.41 Å². The Labute approximate surface area is 122 Å². The molecule has 0 spiro atoms. The summed E-state index contributed by atoms with van der Waals surface area (Å²) in [6.45, 7) is 1.08. The van der Waals surface area contributed by atoms with Crippen molar-refractivity contribution in [1.29, 1.82) is 0 Å². The molecule has 5 rings (SSSR count). The number of aliphatic hydroxyl groups is 2. The van der Waals surface area contributed by atoms with Gasteiger partial charge < -0.3 is 19.7 Å². The molecule has 1 fully saturated rings. The van der Waals surface area contributed by atoms with Crippen LogP contribution in [0.4, 0.5) is 0 Å². The first-order valence-electron chi connectivity index (χ1n) is 7.44. The first-order valence-corrected chi connectivity index (χ1v) is 7.44. The molecule has 1 saturated heterocycles. The van der Waals surface area contributed by atoms with Crippen LogP contribution in [0.1, 0.15) is 30.2 Å². The van der Waals surface area contributed by atoms with E-state index >= 15 is 0 Å². The van der Waals surface area contributed by atoms with Crippen molar-refractivity contribution in [3.8, 4) is 11.5 Å². The third-order valence-corrected chi connectivity index (χ3v) is 5.50. The van der Waals surface area contributed by atoms with Gasteiger partial charge in [-0.3, -0.25) is 4.90 Å². The maximum Gasteiger partial charge on any atom is 0.231 e. The van der Waals surface area contributed by atoms with Gasteiger partial charge in [-0.15, -0.1) is 0 Å². The third kappa shape index (κ3) is 1.36. The lowest BCUT2D eigenvalue weighted by Crippen LogP contribution is -2.51. The van der Waals surface area contributed by atoms with Crippen molar-refractivity contribution >= 4 is 0 Å². The summed E-state index contributed by atoms with van der Waals surface area (Å²) in [4.78, 5) is 2.11. The number of rotatable bonds is 0. The Kier molecular flexibility index (Phi) is 2.17. The molecule has 3 heterocycles. The van der Waals surface area contributed by atoms with Crippen LogP contribution in [0, 0.1) is 0 Å². The fourth-order valence-electron chi connectivity index (χ4n) is 4.51.